The normalized spacial score (nSPS) is 14.5. The Morgan fingerprint density at radius 1 is 1.41 bits per heavy atom. The predicted octanol–water partition coefficient (Wildman–Crippen LogP) is 0.406. The number of carbonyl (C=O) groups is 1. The van der Waals surface area contributed by atoms with E-state index in [1.165, 1.54) is 0 Å². The van der Waals surface area contributed by atoms with Crippen molar-refractivity contribution in [3.05, 3.63) is 0 Å². The van der Waals surface area contributed by atoms with Crippen LogP contribution in [-0.4, -0.2) is 41.9 Å². The molecule has 0 aromatic rings. The molecule has 1 amide bonds. The summed E-state index contributed by atoms with van der Waals surface area (Å²) in [7, 11) is 1.61. The zero-order chi connectivity index (χ0) is 13.7. The van der Waals surface area contributed by atoms with Gasteiger partial charge in [-0.05, 0) is 40.5 Å². The first-order chi connectivity index (χ1) is 7.62. The van der Waals surface area contributed by atoms with Crippen molar-refractivity contribution in [2.24, 2.45) is 5.73 Å². The molecule has 0 fully saturated rings. The second-order valence-electron chi connectivity index (χ2n) is 5.41. The molecule has 0 aliphatic heterocycles. The van der Waals surface area contributed by atoms with Gasteiger partial charge >= 0.3 is 0 Å². The summed E-state index contributed by atoms with van der Waals surface area (Å²) in [5.74, 6) is -0.242. The lowest BCUT2D eigenvalue weighted by Crippen LogP contribution is -2.60. The maximum Gasteiger partial charge on any atom is 0.237 e. The molecule has 5 nitrogen and oxygen atoms in total. The lowest BCUT2D eigenvalue weighted by atomic mass is 9.85. The van der Waals surface area contributed by atoms with Crippen LogP contribution in [0.4, 0.5) is 0 Å². The van der Waals surface area contributed by atoms with Crippen LogP contribution in [0.5, 0.6) is 0 Å². The molecule has 0 aliphatic carbocycles. The van der Waals surface area contributed by atoms with Crippen LogP contribution in [-0.2, 0) is 9.53 Å². The Labute approximate surface area is 104 Å². The van der Waals surface area contributed by atoms with Gasteiger partial charge in [0.2, 0.25) is 5.91 Å². The first-order valence-electron chi connectivity index (χ1n) is 5.90. The van der Waals surface area contributed by atoms with E-state index in [1.54, 1.807) is 34.8 Å². The summed E-state index contributed by atoms with van der Waals surface area (Å²) in [5, 5.41) is 12.7. The van der Waals surface area contributed by atoms with E-state index >= 15 is 0 Å². The maximum absolute atomic E-state index is 11.8. The van der Waals surface area contributed by atoms with Gasteiger partial charge in [0.05, 0.1) is 17.2 Å². The van der Waals surface area contributed by atoms with E-state index < -0.39 is 17.2 Å². The Balaban J connectivity index is 4.25. The number of aliphatic hydroxyl groups is 1. The molecule has 0 radical (unpaired) electrons. The van der Waals surface area contributed by atoms with Crippen molar-refractivity contribution >= 4 is 5.91 Å². The van der Waals surface area contributed by atoms with E-state index in [-0.39, 0.29) is 5.91 Å². The highest BCUT2D eigenvalue weighted by molar-refractivity contribution is 5.82. The highest BCUT2D eigenvalue weighted by Crippen LogP contribution is 2.20. The van der Waals surface area contributed by atoms with Gasteiger partial charge in [0.1, 0.15) is 0 Å². The van der Waals surface area contributed by atoms with Gasteiger partial charge < -0.3 is 20.9 Å². The standard InChI is InChI=1S/C12H26N2O3/c1-11(2,12(3,4)16)14-10(15)9(13)7-6-8-17-5/h9,16H,6-8,13H2,1-5H3,(H,14,15). The van der Waals surface area contributed by atoms with E-state index in [1.807, 2.05) is 0 Å². The average molecular weight is 246 g/mol. The van der Waals surface area contributed by atoms with Crippen LogP contribution in [0.3, 0.4) is 0 Å². The molecule has 0 rings (SSSR count). The Morgan fingerprint density at radius 2 is 1.94 bits per heavy atom. The molecule has 1 atom stereocenters. The third-order valence-electron chi connectivity index (χ3n) is 3.17. The summed E-state index contributed by atoms with van der Waals surface area (Å²) in [6.45, 7) is 7.45. The van der Waals surface area contributed by atoms with Gasteiger partial charge in [-0.3, -0.25) is 4.79 Å². The zero-order valence-electron chi connectivity index (χ0n) is 11.5. The van der Waals surface area contributed by atoms with Crippen molar-refractivity contribution in [3.63, 3.8) is 0 Å². The summed E-state index contributed by atoms with van der Waals surface area (Å²) in [5.41, 5.74) is 4.03. The SMILES string of the molecule is COCCCC(N)C(=O)NC(C)(C)C(C)(C)O. The van der Waals surface area contributed by atoms with Crippen LogP contribution in [0.15, 0.2) is 0 Å². The Bertz CT molecular complexity index is 247. The van der Waals surface area contributed by atoms with Crippen LogP contribution < -0.4 is 11.1 Å². The van der Waals surface area contributed by atoms with Crippen molar-refractivity contribution < 1.29 is 14.6 Å². The Hall–Kier alpha value is -0.650. The third kappa shape index (κ3) is 5.48. The molecule has 0 bridgehead atoms. The molecule has 5 heteroatoms. The highest BCUT2D eigenvalue weighted by atomic mass is 16.5. The quantitative estimate of drug-likeness (QED) is 0.568. The van der Waals surface area contributed by atoms with E-state index in [9.17, 15) is 9.90 Å². The summed E-state index contributed by atoms with van der Waals surface area (Å²) in [6, 6.07) is -0.563. The number of carbonyl (C=O) groups excluding carboxylic acids is 1. The number of hydrogen-bond donors (Lipinski definition) is 3. The summed E-state index contributed by atoms with van der Waals surface area (Å²) in [4.78, 5) is 11.8. The van der Waals surface area contributed by atoms with E-state index in [2.05, 4.69) is 5.32 Å². The fraction of sp³-hybridized carbons (Fsp3) is 0.917. The number of ether oxygens (including phenoxy) is 1. The topological polar surface area (TPSA) is 84.6 Å². The third-order valence-corrected chi connectivity index (χ3v) is 3.17. The van der Waals surface area contributed by atoms with Crippen molar-refractivity contribution in [2.75, 3.05) is 13.7 Å². The first kappa shape index (κ1) is 16.4. The van der Waals surface area contributed by atoms with Crippen LogP contribution >= 0.6 is 0 Å². The van der Waals surface area contributed by atoms with E-state index in [0.29, 0.717) is 13.0 Å². The van der Waals surface area contributed by atoms with E-state index in [0.717, 1.165) is 6.42 Å². The van der Waals surface area contributed by atoms with Crippen molar-refractivity contribution in [1.29, 1.82) is 0 Å². The Kier molecular flexibility index (Phi) is 6.09. The second kappa shape index (κ2) is 6.33. The van der Waals surface area contributed by atoms with E-state index in [4.69, 9.17) is 10.5 Å². The molecule has 1 unspecified atom stereocenters. The van der Waals surface area contributed by atoms with Gasteiger partial charge in [0, 0.05) is 13.7 Å². The molecule has 0 spiro atoms. The van der Waals surface area contributed by atoms with Gasteiger partial charge in [0.15, 0.2) is 0 Å². The number of nitrogens with one attached hydrogen (secondary N) is 1. The fourth-order valence-corrected chi connectivity index (χ4v) is 1.13. The summed E-state index contributed by atoms with van der Waals surface area (Å²) < 4.78 is 4.90. The van der Waals surface area contributed by atoms with Crippen LogP contribution in [0.1, 0.15) is 40.5 Å². The molecule has 0 aromatic carbocycles. The molecule has 102 valence electrons. The maximum atomic E-state index is 11.8. The van der Waals surface area contributed by atoms with Crippen LogP contribution in [0.25, 0.3) is 0 Å². The largest absolute Gasteiger partial charge is 0.388 e. The highest BCUT2D eigenvalue weighted by Gasteiger charge is 2.37. The van der Waals surface area contributed by atoms with Crippen molar-refractivity contribution in [2.45, 2.75) is 57.7 Å². The molecular weight excluding hydrogens is 220 g/mol. The second-order valence-corrected chi connectivity index (χ2v) is 5.41. The van der Waals surface area contributed by atoms with Gasteiger partial charge in [-0.2, -0.15) is 0 Å². The lowest BCUT2D eigenvalue weighted by Gasteiger charge is -2.38. The molecule has 17 heavy (non-hydrogen) atoms. The van der Waals surface area contributed by atoms with Gasteiger partial charge in [-0.25, -0.2) is 0 Å². The molecular formula is C12H26N2O3. The Morgan fingerprint density at radius 3 is 2.35 bits per heavy atom. The minimum Gasteiger partial charge on any atom is -0.388 e. The summed E-state index contributed by atoms with van der Waals surface area (Å²) >= 11 is 0. The van der Waals surface area contributed by atoms with Gasteiger partial charge in [0.25, 0.3) is 0 Å². The fourth-order valence-electron chi connectivity index (χ4n) is 1.13. The number of rotatable bonds is 7. The molecule has 4 N–H and O–H groups in total. The number of hydrogen-bond acceptors (Lipinski definition) is 4. The van der Waals surface area contributed by atoms with Gasteiger partial charge in [-0.15, -0.1) is 0 Å². The van der Waals surface area contributed by atoms with Gasteiger partial charge in [-0.1, -0.05) is 0 Å². The molecule has 0 aliphatic rings. The number of nitrogens with two attached hydrogens (primary N) is 1. The lowest BCUT2D eigenvalue weighted by molar-refractivity contribution is -0.127. The molecule has 0 saturated heterocycles. The minimum atomic E-state index is -1.01. The first-order valence-corrected chi connectivity index (χ1v) is 5.90. The van der Waals surface area contributed by atoms with Crippen molar-refractivity contribution in [3.8, 4) is 0 Å². The predicted molar refractivity (Wildman–Crippen MR) is 67.6 cm³/mol. The number of amides is 1. The zero-order valence-corrected chi connectivity index (χ0v) is 11.5. The van der Waals surface area contributed by atoms with Crippen LogP contribution in [0, 0.1) is 0 Å². The van der Waals surface area contributed by atoms with Crippen LogP contribution in [0.2, 0.25) is 0 Å². The summed E-state index contributed by atoms with van der Waals surface area (Å²) in [6.07, 6.45) is 1.32. The molecule has 0 aromatic heterocycles. The molecule has 0 heterocycles. The molecule has 0 saturated carbocycles. The smallest absolute Gasteiger partial charge is 0.237 e. The average Bonchev–Trinajstić information content (AvgIpc) is 2.15. The monoisotopic (exact) mass is 246 g/mol. The minimum absolute atomic E-state index is 0.242. The number of methoxy groups -OCH3 is 1. The van der Waals surface area contributed by atoms with Crippen molar-refractivity contribution in [1.82, 2.24) is 5.32 Å².